The first-order valence-electron chi connectivity index (χ1n) is 9.85. The van der Waals surface area contributed by atoms with Crippen molar-refractivity contribution in [3.8, 4) is 0 Å². The highest BCUT2D eigenvalue weighted by molar-refractivity contribution is 5.93. The topological polar surface area (TPSA) is 87.1 Å². The SMILES string of the molecule is Cc1ccccc1Nc1ccc2c(n1)CCCC2CNc1cnccc1C(=O)O. The van der Waals surface area contributed by atoms with Gasteiger partial charge in [0.05, 0.1) is 17.4 Å². The second-order valence-electron chi connectivity index (χ2n) is 7.37. The zero-order valence-corrected chi connectivity index (χ0v) is 16.4. The highest BCUT2D eigenvalue weighted by Crippen LogP contribution is 2.32. The van der Waals surface area contributed by atoms with Crippen molar-refractivity contribution in [2.75, 3.05) is 17.2 Å². The van der Waals surface area contributed by atoms with Gasteiger partial charge in [0.2, 0.25) is 0 Å². The summed E-state index contributed by atoms with van der Waals surface area (Å²) < 4.78 is 0. The van der Waals surface area contributed by atoms with Crippen LogP contribution in [0.3, 0.4) is 0 Å². The molecule has 29 heavy (non-hydrogen) atoms. The van der Waals surface area contributed by atoms with E-state index in [-0.39, 0.29) is 5.56 Å². The number of carbonyl (C=O) groups is 1. The van der Waals surface area contributed by atoms with Gasteiger partial charge in [-0.2, -0.15) is 0 Å². The van der Waals surface area contributed by atoms with Crippen LogP contribution in [-0.4, -0.2) is 27.6 Å². The smallest absolute Gasteiger partial charge is 0.337 e. The Morgan fingerprint density at radius 1 is 1.17 bits per heavy atom. The number of aromatic nitrogens is 2. The maximum atomic E-state index is 11.4. The van der Waals surface area contributed by atoms with E-state index in [1.165, 1.54) is 23.4 Å². The van der Waals surface area contributed by atoms with Crippen LogP contribution in [-0.2, 0) is 6.42 Å². The number of nitrogens with zero attached hydrogens (tertiary/aromatic N) is 2. The Bertz CT molecular complexity index is 1030. The number of aryl methyl sites for hydroxylation is 2. The molecule has 148 valence electrons. The summed E-state index contributed by atoms with van der Waals surface area (Å²) in [7, 11) is 0. The fraction of sp³-hybridized carbons (Fsp3) is 0.261. The lowest BCUT2D eigenvalue weighted by molar-refractivity contribution is 0.0698. The van der Waals surface area contributed by atoms with Crippen molar-refractivity contribution in [3.05, 3.63) is 77.2 Å². The summed E-state index contributed by atoms with van der Waals surface area (Å²) in [6, 6.07) is 13.9. The average Bonchev–Trinajstić information content (AvgIpc) is 2.74. The highest BCUT2D eigenvalue weighted by Gasteiger charge is 2.22. The van der Waals surface area contributed by atoms with Crippen molar-refractivity contribution in [2.45, 2.75) is 32.1 Å². The number of hydrogen-bond donors (Lipinski definition) is 3. The van der Waals surface area contributed by atoms with E-state index in [1.807, 2.05) is 18.2 Å². The lowest BCUT2D eigenvalue weighted by Crippen LogP contribution is -2.20. The van der Waals surface area contributed by atoms with Crippen molar-refractivity contribution < 1.29 is 9.90 Å². The minimum atomic E-state index is -0.951. The molecule has 3 N–H and O–H groups in total. The molecule has 1 aromatic carbocycles. The van der Waals surface area contributed by atoms with Gasteiger partial charge in [-0.05, 0) is 55.5 Å². The molecule has 1 aliphatic carbocycles. The number of benzene rings is 1. The maximum Gasteiger partial charge on any atom is 0.337 e. The number of rotatable bonds is 6. The third kappa shape index (κ3) is 4.21. The molecule has 0 amide bonds. The molecule has 2 heterocycles. The molecule has 6 nitrogen and oxygen atoms in total. The van der Waals surface area contributed by atoms with Crippen LogP contribution in [0.2, 0.25) is 0 Å². The summed E-state index contributed by atoms with van der Waals surface area (Å²) in [5, 5.41) is 16.0. The molecule has 3 aromatic rings. The number of hydrogen-bond acceptors (Lipinski definition) is 5. The molecule has 0 radical (unpaired) electrons. The molecule has 1 aliphatic rings. The van der Waals surface area contributed by atoms with E-state index in [1.54, 1.807) is 6.20 Å². The molecule has 0 spiro atoms. The second-order valence-corrected chi connectivity index (χ2v) is 7.37. The van der Waals surface area contributed by atoms with Gasteiger partial charge in [0, 0.05) is 30.0 Å². The number of pyridine rings is 2. The number of nitrogens with one attached hydrogen (secondary N) is 2. The third-order valence-corrected chi connectivity index (χ3v) is 5.41. The van der Waals surface area contributed by atoms with E-state index < -0.39 is 5.97 Å². The maximum absolute atomic E-state index is 11.4. The molecule has 0 saturated carbocycles. The average molecular weight is 388 g/mol. The molecule has 2 aromatic heterocycles. The highest BCUT2D eigenvalue weighted by atomic mass is 16.4. The van der Waals surface area contributed by atoms with Crippen molar-refractivity contribution in [3.63, 3.8) is 0 Å². The van der Waals surface area contributed by atoms with Gasteiger partial charge in [-0.25, -0.2) is 9.78 Å². The Morgan fingerprint density at radius 3 is 2.86 bits per heavy atom. The first-order chi connectivity index (χ1) is 14.1. The second kappa shape index (κ2) is 8.31. The number of para-hydroxylation sites is 1. The minimum Gasteiger partial charge on any atom is -0.478 e. The van der Waals surface area contributed by atoms with Gasteiger partial charge in [0.25, 0.3) is 0 Å². The number of carboxylic acids is 1. The van der Waals surface area contributed by atoms with E-state index in [0.29, 0.717) is 18.2 Å². The fourth-order valence-electron chi connectivity index (χ4n) is 3.84. The normalized spacial score (nSPS) is 15.4. The predicted octanol–water partition coefficient (Wildman–Crippen LogP) is 4.76. The van der Waals surface area contributed by atoms with Crippen molar-refractivity contribution in [1.82, 2.24) is 9.97 Å². The van der Waals surface area contributed by atoms with Gasteiger partial charge in [0.1, 0.15) is 5.82 Å². The molecule has 6 heteroatoms. The van der Waals surface area contributed by atoms with Gasteiger partial charge in [-0.3, -0.25) is 4.98 Å². The van der Waals surface area contributed by atoms with Crippen LogP contribution < -0.4 is 10.6 Å². The van der Waals surface area contributed by atoms with Gasteiger partial charge in [-0.1, -0.05) is 24.3 Å². The van der Waals surface area contributed by atoms with Gasteiger partial charge >= 0.3 is 5.97 Å². The molecule has 0 saturated heterocycles. The summed E-state index contributed by atoms with van der Waals surface area (Å²) in [6.45, 7) is 2.73. The molecule has 4 rings (SSSR count). The van der Waals surface area contributed by atoms with Gasteiger partial charge in [-0.15, -0.1) is 0 Å². The molecule has 0 fully saturated rings. The standard InChI is InChI=1S/C23H24N4O2/c1-15-5-2-3-7-19(15)26-22-10-9-17-16(6-4-8-20(17)27-22)13-25-21-14-24-12-11-18(21)23(28)29/h2-3,5,7,9-12,14,16,25H,4,6,8,13H2,1H3,(H,26,27)(H,28,29). The van der Waals surface area contributed by atoms with Gasteiger partial charge in [0.15, 0.2) is 0 Å². The number of fused-ring (bicyclic) bond motifs is 1. The molecule has 0 bridgehead atoms. The quantitative estimate of drug-likeness (QED) is 0.564. The van der Waals surface area contributed by atoms with Crippen LogP contribution >= 0.6 is 0 Å². The molecule has 1 atom stereocenters. The van der Waals surface area contributed by atoms with Crippen LogP contribution in [0.15, 0.2) is 54.9 Å². The Balaban J connectivity index is 1.50. The Hall–Kier alpha value is -3.41. The number of anilines is 3. The summed E-state index contributed by atoms with van der Waals surface area (Å²) in [6.07, 6.45) is 6.15. The minimum absolute atomic E-state index is 0.243. The largest absolute Gasteiger partial charge is 0.478 e. The predicted molar refractivity (Wildman–Crippen MR) is 114 cm³/mol. The first kappa shape index (κ1) is 18.9. The fourth-order valence-corrected chi connectivity index (χ4v) is 3.84. The van der Waals surface area contributed by atoms with E-state index in [9.17, 15) is 9.90 Å². The zero-order valence-electron chi connectivity index (χ0n) is 16.4. The zero-order chi connectivity index (χ0) is 20.2. The summed E-state index contributed by atoms with van der Waals surface area (Å²) in [5.74, 6) is 0.195. The van der Waals surface area contributed by atoms with Crippen LogP contribution in [0.25, 0.3) is 0 Å². The molecular weight excluding hydrogens is 364 g/mol. The van der Waals surface area contributed by atoms with Crippen LogP contribution in [0.4, 0.5) is 17.2 Å². The lowest BCUT2D eigenvalue weighted by atomic mass is 9.85. The van der Waals surface area contributed by atoms with Crippen LogP contribution in [0.1, 0.15) is 45.9 Å². The van der Waals surface area contributed by atoms with Crippen molar-refractivity contribution >= 4 is 23.2 Å². The summed E-state index contributed by atoms with van der Waals surface area (Å²) in [4.78, 5) is 20.3. The first-order valence-corrected chi connectivity index (χ1v) is 9.85. The Labute approximate surface area is 170 Å². The molecule has 1 unspecified atom stereocenters. The third-order valence-electron chi connectivity index (χ3n) is 5.41. The summed E-state index contributed by atoms with van der Waals surface area (Å²) in [5.41, 5.74) is 5.39. The van der Waals surface area contributed by atoms with Crippen molar-refractivity contribution in [2.24, 2.45) is 0 Å². The monoisotopic (exact) mass is 388 g/mol. The Morgan fingerprint density at radius 2 is 2.03 bits per heavy atom. The number of carboxylic acid groups (broad SMARTS) is 1. The van der Waals surface area contributed by atoms with Crippen LogP contribution in [0, 0.1) is 6.92 Å². The molecular formula is C23H24N4O2. The molecule has 0 aliphatic heterocycles. The van der Waals surface area contributed by atoms with Gasteiger partial charge < -0.3 is 15.7 Å². The lowest BCUT2D eigenvalue weighted by Gasteiger charge is -2.26. The van der Waals surface area contributed by atoms with E-state index >= 15 is 0 Å². The van der Waals surface area contributed by atoms with E-state index in [4.69, 9.17) is 4.98 Å². The number of aromatic carboxylic acids is 1. The van der Waals surface area contributed by atoms with Crippen LogP contribution in [0.5, 0.6) is 0 Å². The summed E-state index contributed by atoms with van der Waals surface area (Å²) >= 11 is 0. The van der Waals surface area contributed by atoms with E-state index in [0.717, 1.165) is 36.5 Å². The Kier molecular flexibility index (Phi) is 5.42. The van der Waals surface area contributed by atoms with E-state index in [2.05, 4.69) is 40.7 Å². The van der Waals surface area contributed by atoms with Crippen molar-refractivity contribution in [1.29, 1.82) is 0 Å².